The number of carbonyl (C=O) groups is 1. The number of nitrogens with one attached hydrogen (secondary N) is 1. The summed E-state index contributed by atoms with van der Waals surface area (Å²) in [6.45, 7) is 5.96. The molecule has 1 saturated heterocycles. The highest BCUT2D eigenvalue weighted by Crippen LogP contribution is 2.17. The lowest BCUT2D eigenvalue weighted by molar-refractivity contribution is -0.125. The van der Waals surface area contributed by atoms with Crippen molar-refractivity contribution in [2.75, 3.05) is 19.7 Å². The summed E-state index contributed by atoms with van der Waals surface area (Å²) in [5, 5.41) is 16.4. The van der Waals surface area contributed by atoms with Crippen molar-refractivity contribution in [1.82, 2.24) is 15.2 Å². The van der Waals surface area contributed by atoms with Crippen LogP contribution >= 0.6 is 11.3 Å². The summed E-state index contributed by atoms with van der Waals surface area (Å²) >= 11 is 1.64. The van der Waals surface area contributed by atoms with E-state index >= 15 is 0 Å². The Morgan fingerprint density at radius 2 is 2.23 bits per heavy atom. The van der Waals surface area contributed by atoms with E-state index < -0.39 is 6.10 Å². The molecule has 0 spiro atoms. The van der Waals surface area contributed by atoms with Crippen molar-refractivity contribution in [3.63, 3.8) is 0 Å². The molecule has 0 bridgehead atoms. The van der Waals surface area contributed by atoms with Gasteiger partial charge in [-0.25, -0.2) is 4.98 Å². The second-order valence-corrected chi connectivity index (χ2v) is 7.74. The fraction of sp³-hybridized carbons (Fsp3) is 0.474. The molecule has 0 saturated carbocycles. The van der Waals surface area contributed by atoms with Gasteiger partial charge in [-0.15, -0.1) is 11.3 Å². The Balaban J connectivity index is 1.44. The summed E-state index contributed by atoms with van der Waals surface area (Å²) in [7, 11) is 0. The maximum atomic E-state index is 12.1. The molecule has 1 amide bonds. The fourth-order valence-corrected chi connectivity index (χ4v) is 3.73. The number of aliphatic hydroxyl groups is 1. The number of aromatic nitrogens is 1. The molecule has 0 radical (unpaired) electrons. The number of thiazole rings is 1. The van der Waals surface area contributed by atoms with Gasteiger partial charge >= 0.3 is 0 Å². The number of rotatable bonds is 6. The fourth-order valence-electron chi connectivity index (χ4n) is 3.13. The van der Waals surface area contributed by atoms with Gasteiger partial charge in [0.15, 0.2) is 6.61 Å². The smallest absolute Gasteiger partial charge is 0.258 e. The number of β-amino-alcohol motifs (C(OH)–C–C–N with tert-alkyl or cyclic N) is 1. The van der Waals surface area contributed by atoms with Gasteiger partial charge in [-0.05, 0) is 31.9 Å². The molecule has 1 aromatic heterocycles. The van der Waals surface area contributed by atoms with E-state index in [1.54, 1.807) is 11.3 Å². The van der Waals surface area contributed by atoms with Crippen molar-refractivity contribution >= 4 is 17.2 Å². The zero-order valence-electron chi connectivity index (χ0n) is 15.1. The number of hydrogen-bond donors (Lipinski definition) is 2. The van der Waals surface area contributed by atoms with Gasteiger partial charge in [0, 0.05) is 25.0 Å². The number of para-hydroxylation sites is 1. The highest BCUT2D eigenvalue weighted by molar-refractivity contribution is 7.09. The van der Waals surface area contributed by atoms with Crippen LogP contribution in [0.1, 0.15) is 22.7 Å². The molecule has 0 unspecified atom stereocenters. The van der Waals surface area contributed by atoms with Crippen molar-refractivity contribution in [1.29, 1.82) is 0 Å². The molecule has 2 N–H and O–H groups in total. The van der Waals surface area contributed by atoms with Gasteiger partial charge in [-0.2, -0.15) is 0 Å². The first-order valence-electron chi connectivity index (χ1n) is 8.80. The summed E-state index contributed by atoms with van der Waals surface area (Å²) in [5.41, 5.74) is 2.03. The van der Waals surface area contributed by atoms with E-state index in [0.717, 1.165) is 29.4 Å². The van der Waals surface area contributed by atoms with Crippen LogP contribution in [0.25, 0.3) is 0 Å². The molecule has 140 valence electrons. The van der Waals surface area contributed by atoms with Crippen LogP contribution in [0.5, 0.6) is 5.75 Å². The van der Waals surface area contributed by atoms with Gasteiger partial charge in [-0.1, -0.05) is 18.2 Å². The number of hydrogen-bond acceptors (Lipinski definition) is 6. The topological polar surface area (TPSA) is 74.7 Å². The molecule has 26 heavy (non-hydrogen) atoms. The van der Waals surface area contributed by atoms with E-state index in [9.17, 15) is 9.90 Å². The van der Waals surface area contributed by atoms with Crippen LogP contribution in [0.3, 0.4) is 0 Å². The van der Waals surface area contributed by atoms with Crippen LogP contribution in [0.2, 0.25) is 0 Å². The zero-order valence-corrected chi connectivity index (χ0v) is 16.0. The lowest BCUT2D eigenvalue weighted by Gasteiger charge is -2.35. The standard InChI is InChI=1S/C19H25N3O3S/c1-13-5-3-4-6-18(13)25-11-19(24)21-16-7-8-22(10-17(16)23)9-15-12-26-14(2)20-15/h3-6,12,16-17,23H,7-11H2,1-2H3,(H,21,24)/t16-,17-/m1/s1. The average Bonchev–Trinajstić information content (AvgIpc) is 3.01. The van der Waals surface area contributed by atoms with Crippen molar-refractivity contribution in [2.45, 2.75) is 39.0 Å². The first kappa shape index (κ1) is 18.8. The van der Waals surface area contributed by atoms with E-state index in [1.165, 1.54) is 0 Å². The largest absolute Gasteiger partial charge is 0.484 e. The quantitative estimate of drug-likeness (QED) is 0.807. The molecule has 1 fully saturated rings. The summed E-state index contributed by atoms with van der Waals surface area (Å²) in [5.74, 6) is 0.498. The minimum absolute atomic E-state index is 0.0457. The summed E-state index contributed by atoms with van der Waals surface area (Å²) in [6, 6.07) is 7.35. The Kier molecular flexibility index (Phi) is 6.24. The monoisotopic (exact) mass is 375 g/mol. The predicted octanol–water partition coefficient (Wildman–Crippen LogP) is 1.89. The number of carbonyl (C=O) groups excluding carboxylic acids is 1. The van der Waals surface area contributed by atoms with Gasteiger partial charge in [0.05, 0.1) is 22.8 Å². The second kappa shape index (κ2) is 8.62. The predicted molar refractivity (Wildman–Crippen MR) is 101 cm³/mol. The Labute approximate surface area is 157 Å². The third-order valence-corrected chi connectivity index (χ3v) is 5.34. The van der Waals surface area contributed by atoms with Gasteiger partial charge in [0.2, 0.25) is 0 Å². The number of amides is 1. The molecule has 3 rings (SSSR count). The lowest BCUT2D eigenvalue weighted by atomic mass is 10.0. The van der Waals surface area contributed by atoms with E-state index in [1.807, 2.05) is 38.1 Å². The number of benzene rings is 1. The van der Waals surface area contributed by atoms with Gasteiger partial charge < -0.3 is 15.2 Å². The van der Waals surface area contributed by atoms with Crippen molar-refractivity contribution in [3.8, 4) is 5.75 Å². The maximum absolute atomic E-state index is 12.1. The normalized spacial score (nSPS) is 20.7. The van der Waals surface area contributed by atoms with Crippen molar-refractivity contribution < 1.29 is 14.6 Å². The number of aliphatic hydroxyl groups excluding tert-OH is 1. The minimum Gasteiger partial charge on any atom is -0.484 e. The van der Waals surface area contributed by atoms with Crippen LogP contribution in [-0.4, -0.2) is 52.7 Å². The number of nitrogens with zero attached hydrogens (tertiary/aromatic N) is 2. The molecule has 7 heteroatoms. The van der Waals surface area contributed by atoms with Crippen LogP contribution in [0, 0.1) is 13.8 Å². The van der Waals surface area contributed by atoms with Crippen LogP contribution in [0.4, 0.5) is 0 Å². The van der Waals surface area contributed by atoms with Crippen molar-refractivity contribution in [2.24, 2.45) is 0 Å². The van der Waals surface area contributed by atoms with Crippen LogP contribution < -0.4 is 10.1 Å². The first-order chi connectivity index (χ1) is 12.5. The maximum Gasteiger partial charge on any atom is 0.258 e. The minimum atomic E-state index is -0.592. The number of ether oxygens (including phenoxy) is 1. The molecule has 1 aliphatic heterocycles. The number of piperidine rings is 1. The summed E-state index contributed by atoms with van der Waals surface area (Å²) in [6.07, 6.45) is 0.117. The van der Waals surface area contributed by atoms with E-state index in [2.05, 4.69) is 20.6 Å². The Hall–Kier alpha value is -1.96. The molecule has 1 aromatic carbocycles. The van der Waals surface area contributed by atoms with Crippen LogP contribution in [-0.2, 0) is 11.3 Å². The third-order valence-electron chi connectivity index (χ3n) is 4.52. The van der Waals surface area contributed by atoms with E-state index in [4.69, 9.17) is 4.74 Å². The first-order valence-corrected chi connectivity index (χ1v) is 9.68. The Morgan fingerprint density at radius 3 is 2.92 bits per heavy atom. The lowest BCUT2D eigenvalue weighted by Crippen LogP contribution is -2.54. The molecule has 6 nitrogen and oxygen atoms in total. The van der Waals surface area contributed by atoms with Crippen molar-refractivity contribution in [3.05, 3.63) is 45.9 Å². The zero-order chi connectivity index (χ0) is 18.5. The van der Waals surface area contributed by atoms with Gasteiger partial charge in [0.25, 0.3) is 5.91 Å². The molecule has 2 aromatic rings. The highest BCUT2D eigenvalue weighted by Gasteiger charge is 2.29. The second-order valence-electron chi connectivity index (χ2n) is 6.68. The molecule has 2 atom stereocenters. The SMILES string of the molecule is Cc1nc(CN2CC[C@@H](NC(=O)COc3ccccc3C)[C@H](O)C2)cs1. The summed E-state index contributed by atoms with van der Waals surface area (Å²) < 4.78 is 5.57. The molecule has 2 heterocycles. The van der Waals surface area contributed by atoms with E-state index in [0.29, 0.717) is 18.7 Å². The number of likely N-dealkylation sites (tertiary alicyclic amines) is 1. The molecule has 1 aliphatic rings. The number of aryl methyl sites for hydroxylation is 2. The van der Waals surface area contributed by atoms with Crippen LogP contribution in [0.15, 0.2) is 29.6 Å². The Bertz CT molecular complexity index is 749. The third kappa shape index (κ3) is 5.03. The highest BCUT2D eigenvalue weighted by atomic mass is 32.1. The van der Waals surface area contributed by atoms with Gasteiger partial charge in [-0.3, -0.25) is 9.69 Å². The molecular formula is C19H25N3O3S. The van der Waals surface area contributed by atoms with E-state index in [-0.39, 0.29) is 18.6 Å². The molecule has 0 aliphatic carbocycles. The Morgan fingerprint density at radius 1 is 1.42 bits per heavy atom. The summed E-state index contributed by atoms with van der Waals surface area (Å²) in [4.78, 5) is 18.8. The average molecular weight is 375 g/mol. The molecular weight excluding hydrogens is 350 g/mol. The van der Waals surface area contributed by atoms with Gasteiger partial charge in [0.1, 0.15) is 5.75 Å².